The van der Waals surface area contributed by atoms with Crippen molar-refractivity contribution < 1.29 is 0 Å². The molecule has 1 heteroatoms. The predicted molar refractivity (Wildman–Crippen MR) is 131 cm³/mol. The van der Waals surface area contributed by atoms with Gasteiger partial charge in [0.15, 0.2) is 0 Å². The van der Waals surface area contributed by atoms with E-state index in [1.165, 1.54) is 96.3 Å². The number of rotatable bonds is 22. The zero-order valence-corrected chi connectivity index (χ0v) is 22.9. The molecular formula is C26H56Sn. The van der Waals surface area contributed by atoms with Crippen molar-refractivity contribution in [3.8, 4) is 0 Å². The molecule has 0 spiro atoms. The fraction of sp³-hybridized carbons (Fsp3) is 1.00. The third kappa shape index (κ3) is 17.4. The van der Waals surface area contributed by atoms with Gasteiger partial charge < -0.3 is 0 Å². The van der Waals surface area contributed by atoms with Crippen LogP contribution in [0.3, 0.4) is 0 Å². The van der Waals surface area contributed by atoms with E-state index in [1.54, 1.807) is 37.0 Å². The maximum absolute atomic E-state index is 2.58. The Morgan fingerprint density at radius 2 is 0.593 bits per heavy atom. The molecule has 0 unspecified atom stereocenters. The van der Waals surface area contributed by atoms with Crippen LogP contribution >= 0.6 is 0 Å². The van der Waals surface area contributed by atoms with E-state index in [9.17, 15) is 0 Å². The van der Waals surface area contributed by atoms with Gasteiger partial charge in [0.1, 0.15) is 0 Å². The summed E-state index contributed by atoms with van der Waals surface area (Å²) in [7, 11) is 0. The summed E-state index contributed by atoms with van der Waals surface area (Å²) in [6, 6.07) is 0. The van der Waals surface area contributed by atoms with E-state index in [4.69, 9.17) is 0 Å². The molecule has 0 nitrogen and oxygen atoms in total. The number of hydrogen-bond donors (Lipinski definition) is 0. The SMILES string of the molecule is CCCCCCC[CH2][Sn]([CH2]C)([CH2]CCCCCCC)[CH2]CCCCCCC. The molecule has 0 rings (SSSR count). The van der Waals surface area contributed by atoms with E-state index in [0.29, 0.717) is 0 Å². The van der Waals surface area contributed by atoms with Gasteiger partial charge in [0.05, 0.1) is 0 Å². The van der Waals surface area contributed by atoms with Gasteiger partial charge in [-0.3, -0.25) is 0 Å². The van der Waals surface area contributed by atoms with E-state index in [0.717, 1.165) is 0 Å². The molecule has 0 aliphatic rings. The van der Waals surface area contributed by atoms with Crippen LogP contribution < -0.4 is 0 Å². The Bertz CT molecular complexity index is 233. The topological polar surface area (TPSA) is 0 Å². The first kappa shape index (κ1) is 27.8. The minimum absolute atomic E-state index is 1.38. The van der Waals surface area contributed by atoms with Crippen LogP contribution in [0.25, 0.3) is 0 Å². The molecule has 27 heavy (non-hydrogen) atoms. The minimum atomic E-state index is -1.82. The molecule has 0 aromatic rings. The van der Waals surface area contributed by atoms with Gasteiger partial charge >= 0.3 is 179 Å². The summed E-state index contributed by atoms with van der Waals surface area (Å²) in [6.07, 6.45) is 26.8. The molecular weight excluding hydrogens is 431 g/mol. The first-order valence-electron chi connectivity index (χ1n) is 13.2. The van der Waals surface area contributed by atoms with Crippen LogP contribution in [0.5, 0.6) is 0 Å². The second-order valence-electron chi connectivity index (χ2n) is 9.41. The van der Waals surface area contributed by atoms with Gasteiger partial charge in [-0.25, -0.2) is 0 Å². The predicted octanol–water partition coefficient (Wildman–Crippen LogP) is 10.5. The van der Waals surface area contributed by atoms with Crippen molar-refractivity contribution in [2.45, 2.75) is 161 Å². The Labute approximate surface area is 178 Å². The van der Waals surface area contributed by atoms with Crippen LogP contribution in [0.4, 0.5) is 0 Å². The third-order valence-corrected chi connectivity index (χ3v) is 23.3. The van der Waals surface area contributed by atoms with Crippen molar-refractivity contribution >= 4 is 18.4 Å². The van der Waals surface area contributed by atoms with Gasteiger partial charge in [-0.2, -0.15) is 0 Å². The monoisotopic (exact) mass is 488 g/mol. The third-order valence-electron chi connectivity index (χ3n) is 6.93. The van der Waals surface area contributed by atoms with Gasteiger partial charge in [0, 0.05) is 0 Å². The van der Waals surface area contributed by atoms with E-state index in [-0.39, 0.29) is 0 Å². The molecule has 0 bridgehead atoms. The van der Waals surface area contributed by atoms with Crippen LogP contribution in [0.2, 0.25) is 17.7 Å². The fourth-order valence-electron chi connectivity index (χ4n) is 4.75. The summed E-state index contributed by atoms with van der Waals surface area (Å²) >= 11 is -1.82. The van der Waals surface area contributed by atoms with Crippen LogP contribution in [0.1, 0.15) is 143 Å². The zero-order chi connectivity index (χ0) is 20.1. The second kappa shape index (κ2) is 21.5. The van der Waals surface area contributed by atoms with Crippen molar-refractivity contribution in [2.75, 3.05) is 0 Å². The molecule has 0 N–H and O–H groups in total. The van der Waals surface area contributed by atoms with Crippen molar-refractivity contribution in [1.82, 2.24) is 0 Å². The molecule has 0 aliphatic carbocycles. The quantitative estimate of drug-likeness (QED) is 0.105. The normalized spacial score (nSPS) is 12.0. The summed E-state index contributed by atoms with van der Waals surface area (Å²) in [5.74, 6) is 0. The maximum atomic E-state index is 2.58. The molecule has 0 amide bonds. The van der Waals surface area contributed by atoms with Gasteiger partial charge in [-0.1, -0.05) is 0 Å². The van der Waals surface area contributed by atoms with Gasteiger partial charge in [0.2, 0.25) is 0 Å². The summed E-state index contributed by atoms with van der Waals surface area (Å²) < 4.78 is 6.80. The fourth-order valence-corrected chi connectivity index (χ4v) is 18.5. The molecule has 0 atom stereocenters. The second-order valence-corrected chi connectivity index (χ2v) is 24.3. The molecule has 0 aromatic heterocycles. The van der Waals surface area contributed by atoms with Crippen LogP contribution in [0.15, 0.2) is 0 Å². The van der Waals surface area contributed by atoms with Crippen molar-refractivity contribution in [3.63, 3.8) is 0 Å². The van der Waals surface area contributed by atoms with Crippen LogP contribution in [-0.4, -0.2) is 18.4 Å². The molecule has 0 radical (unpaired) electrons. The number of unbranched alkanes of at least 4 members (excludes halogenated alkanes) is 15. The van der Waals surface area contributed by atoms with E-state index in [2.05, 4.69) is 27.7 Å². The molecule has 0 aliphatic heterocycles. The number of hydrogen-bond acceptors (Lipinski definition) is 0. The Hall–Kier alpha value is 0.799. The van der Waals surface area contributed by atoms with Gasteiger partial charge in [-0.05, 0) is 0 Å². The Balaban J connectivity index is 4.23. The van der Waals surface area contributed by atoms with Crippen molar-refractivity contribution in [3.05, 3.63) is 0 Å². The molecule has 0 aromatic carbocycles. The van der Waals surface area contributed by atoms with Crippen LogP contribution in [0, 0.1) is 0 Å². The van der Waals surface area contributed by atoms with E-state index in [1.807, 2.05) is 0 Å². The molecule has 0 saturated carbocycles. The van der Waals surface area contributed by atoms with E-state index < -0.39 is 18.4 Å². The molecule has 0 fully saturated rings. The van der Waals surface area contributed by atoms with Crippen molar-refractivity contribution in [2.24, 2.45) is 0 Å². The molecule has 0 saturated heterocycles. The summed E-state index contributed by atoms with van der Waals surface area (Å²) in [6.45, 7) is 9.58. The summed E-state index contributed by atoms with van der Waals surface area (Å²) in [5.41, 5.74) is 0. The Morgan fingerprint density at radius 3 is 0.852 bits per heavy atom. The Kier molecular flexibility index (Phi) is 22.1. The Morgan fingerprint density at radius 1 is 0.333 bits per heavy atom. The van der Waals surface area contributed by atoms with Gasteiger partial charge in [0.25, 0.3) is 0 Å². The van der Waals surface area contributed by atoms with Gasteiger partial charge in [-0.15, -0.1) is 0 Å². The van der Waals surface area contributed by atoms with Crippen molar-refractivity contribution in [1.29, 1.82) is 0 Å². The zero-order valence-electron chi connectivity index (χ0n) is 20.1. The molecule has 0 heterocycles. The first-order valence-corrected chi connectivity index (χ1v) is 21.3. The van der Waals surface area contributed by atoms with Crippen LogP contribution in [-0.2, 0) is 0 Å². The average Bonchev–Trinajstić information content (AvgIpc) is 2.69. The molecule has 164 valence electrons. The summed E-state index contributed by atoms with van der Waals surface area (Å²) in [5, 5.41) is 0. The van der Waals surface area contributed by atoms with E-state index >= 15 is 0 Å². The first-order chi connectivity index (χ1) is 13.2. The standard InChI is InChI=1S/3C8H17.C2H5.Sn/c3*1-3-5-7-8-6-4-2;1-2;/h3*1,3-8H2,2H3;1H2,2H3;. The average molecular weight is 487 g/mol. The summed E-state index contributed by atoms with van der Waals surface area (Å²) in [4.78, 5) is 0.